The maximum Gasteiger partial charge on any atom is 0.233 e. The number of carbonyl (C=O) groups excluding carboxylic acids is 1. The van der Waals surface area contributed by atoms with E-state index in [9.17, 15) is 4.79 Å². The van der Waals surface area contributed by atoms with Crippen molar-refractivity contribution in [3.63, 3.8) is 0 Å². The molecule has 6 heteroatoms. The van der Waals surface area contributed by atoms with Gasteiger partial charge >= 0.3 is 0 Å². The molecule has 0 saturated heterocycles. The van der Waals surface area contributed by atoms with Gasteiger partial charge in [0, 0.05) is 28.1 Å². The predicted octanol–water partition coefficient (Wildman–Crippen LogP) is 3.77. The van der Waals surface area contributed by atoms with E-state index in [1.54, 1.807) is 34.4 Å². The second-order valence-electron chi connectivity index (χ2n) is 4.89. The number of carbonyl (C=O) groups is 1. The highest BCUT2D eigenvalue weighted by Crippen LogP contribution is 2.28. The van der Waals surface area contributed by atoms with Crippen molar-refractivity contribution in [2.45, 2.75) is 36.8 Å². The van der Waals surface area contributed by atoms with Gasteiger partial charge in [-0.2, -0.15) is 11.3 Å². The summed E-state index contributed by atoms with van der Waals surface area (Å²) in [4.78, 5) is 16.5. The van der Waals surface area contributed by atoms with E-state index in [4.69, 9.17) is 0 Å². The molecule has 2 heterocycles. The minimum atomic E-state index is -0.0121. The summed E-state index contributed by atoms with van der Waals surface area (Å²) in [5, 5.41) is 10.4. The van der Waals surface area contributed by atoms with Gasteiger partial charge in [0.25, 0.3) is 0 Å². The zero-order valence-electron chi connectivity index (χ0n) is 11.2. The van der Waals surface area contributed by atoms with E-state index in [-0.39, 0.29) is 11.2 Å². The highest BCUT2D eigenvalue weighted by atomic mass is 32.2. The zero-order chi connectivity index (χ0) is 13.9. The van der Waals surface area contributed by atoms with Gasteiger partial charge in [-0.3, -0.25) is 4.79 Å². The lowest BCUT2D eigenvalue weighted by Gasteiger charge is -2.10. The van der Waals surface area contributed by atoms with Crippen molar-refractivity contribution < 1.29 is 4.79 Å². The van der Waals surface area contributed by atoms with Crippen LogP contribution in [0.2, 0.25) is 0 Å². The number of hydrogen-bond donors (Lipinski definition) is 1. The standard InChI is InChI=1S/C14H16N2OS3/c1-9(13(17)15-11-2-3-11)19-7-12-8-20-14(16-12)10-4-5-18-6-10/h4-6,8-9,11H,2-3,7H2,1H3,(H,15,17)/t9-/m0/s1. The Hall–Kier alpha value is -0.850. The molecular formula is C14H16N2OS3. The van der Waals surface area contributed by atoms with Crippen LogP contribution in [0.4, 0.5) is 0 Å². The van der Waals surface area contributed by atoms with Crippen molar-refractivity contribution >= 4 is 40.3 Å². The van der Waals surface area contributed by atoms with Crippen molar-refractivity contribution in [3.8, 4) is 10.6 Å². The first-order chi connectivity index (χ1) is 9.72. The molecule has 106 valence electrons. The fourth-order valence-corrected chi connectivity index (χ4v) is 4.15. The summed E-state index contributed by atoms with van der Waals surface area (Å²) < 4.78 is 0. The van der Waals surface area contributed by atoms with E-state index >= 15 is 0 Å². The maximum absolute atomic E-state index is 11.9. The van der Waals surface area contributed by atoms with E-state index in [1.807, 2.05) is 6.92 Å². The number of thioether (sulfide) groups is 1. The average Bonchev–Trinajstić information content (AvgIpc) is 2.97. The second-order valence-corrected chi connectivity index (χ2v) is 7.86. The van der Waals surface area contributed by atoms with Crippen LogP contribution in [-0.2, 0) is 10.5 Å². The molecule has 0 bridgehead atoms. The molecule has 1 fully saturated rings. The Morgan fingerprint density at radius 1 is 1.55 bits per heavy atom. The van der Waals surface area contributed by atoms with Crippen LogP contribution in [0.3, 0.4) is 0 Å². The second kappa shape index (κ2) is 6.28. The number of aromatic nitrogens is 1. The predicted molar refractivity (Wildman–Crippen MR) is 87.3 cm³/mol. The summed E-state index contributed by atoms with van der Waals surface area (Å²) in [6.07, 6.45) is 2.28. The molecule has 0 unspecified atom stereocenters. The lowest BCUT2D eigenvalue weighted by atomic mass is 10.4. The molecule has 0 radical (unpaired) electrons. The number of rotatable bonds is 6. The number of thiazole rings is 1. The number of thiophene rings is 1. The van der Waals surface area contributed by atoms with Gasteiger partial charge in [-0.05, 0) is 31.2 Å². The van der Waals surface area contributed by atoms with Crippen molar-refractivity contribution in [1.82, 2.24) is 10.3 Å². The molecule has 0 aliphatic heterocycles. The molecule has 0 aromatic carbocycles. The van der Waals surface area contributed by atoms with E-state index in [0.717, 1.165) is 29.3 Å². The van der Waals surface area contributed by atoms with E-state index < -0.39 is 0 Å². The molecule has 20 heavy (non-hydrogen) atoms. The third-order valence-electron chi connectivity index (χ3n) is 3.09. The lowest BCUT2D eigenvalue weighted by molar-refractivity contribution is -0.120. The SMILES string of the molecule is C[C@H](SCc1csc(-c2ccsc2)n1)C(=O)NC1CC1. The van der Waals surface area contributed by atoms with Crippen molar-refractivity contribution in [2.24, 2.45) is 0 Å². The van der Waals surface area contributed by atoms with Gasteiger partial charge in [0.1, 0.15) is 5.01 Å². The molecule has 3 nitrogen and oxygen atoms in total. The molecule has 1 saturated carbocycles. The maximum atomic E-state index is 11.9. The summed E-state index contributed by atoms with van der Waals surface area (Å²) in [5.41, 5.74) is 2.25. The van der Waals surface area contributed by atoms with Crippen LogP contribution >= 0.6 is 34.4 Å². The normalized spacial score (nSPS) is 16.1. The molecule has 3 rings (SSSR count). The molecule has 1 atom stereocenters. The molecule has 1 aliphatic rings. The Bertz CT molecular complexity index is 575. The Morgan fingerprint density at radius 2 is 2.40 bits per heavy atom. The largest absolute Gasteiger partial charge is 0.352 e. The number of nitrogens with one attached hydrogen (secondary N) is 1. The highest BCUT2D eigenvalue weighted by Gasteiger charge is 2.25. The minimum Gasteiger partial charge on any atom is -0.352 e. The zero-order valence-corrected chi connectivity index (χ0v) is 13.6. The summed E-state index contributed by atoms with van der Waals surface area (Å²) in [7, 11) is 0. The summed E-state index contributed by atoms with van der Waals surface area (Å²) in [5.74, 6) is 0.950. The highest BCUT2D eigenvalue weighted by molar-refractivity contribution is 7.99. The van der Waals surface area contributed by atoms with Crippen LogP contribution in [0.1, 0.15) is 25.5 Å². The number of hydrogen-bond acceptors (Lipinski definition) is 5. The molecule has 1 N–H and O–H groups in total. The van der Waals surface area contributed by atoms with Crippen LogP contribution in [0.25, 0.3) is 10.6 Å². The topological polar surface area (TPSA) is 42.0 Å². The van der Waals surface area contributed by atoms with Crippen LogP contribution in [-0.4, -0.2) is 22.2 Å². The molecule has 2 aromatic rings. The van der Waals surface area contributed by atoms with E-state index in [0.29, 0.717) is 6.04 Å². The average molecular weight is 324 g/mol. The van der Waals surface area contributed by atoms with Gasteiger partial charge in [0.15, 0.2) is 0 Å². The summed E-state index contributed by atoms with van der Waals surface area (Å²) in [6.45, 7) is 1.97. The fourth-order valence-electron chi connectivity index (χ4n) is 1.72. The Morgan fingerprint density at radius 3 is 3.10 bits per heavy atom. The summed E-state index contributed by atoms with van der Waals surface area (Å²) >= 11 is 5.01. The van der Waals surface area contributed by atoms with Gasteiger partial charge < -0.3 is 5.32 Å². The molecule has 1 aliphatic carbocycles. The van der Waals surface area contributed by atoms with Gasteiger partial charge in [0.05, 0.1) is 10.9 Å². The van der Waals surface area contributed by atoms with Crippen LogP contribution < -0.4 is 5.32 Å². The van der Waals surface area contributed by atoms with Crippen molar-refractivity contribution in [1.29, 1.82) is 0 Å². The molecule has 1 amide bonds. The van der Waals surface area contributed by atoms with Crippen molar-refractivity contribution in [2.75, 3.05) is 0 Å². The van der Waals surface area contributed by atoms with Crippen LogP contribution in [0.5, 0.6) is 0 Å². The first-order valence-electron chi connectivity index (χ1n) is 6.61. The van der Waals surface area contributed by atoms with Gasteiger partial charge in [0.2, 0.25) is 5.91 Å². The molecule has 0 spiro atoms. The van der Waals surface area contributed by atoms with Gasteiger partial charge in [-0.25, -0.2) is 4.98 Å². The Labute approximate surface area is 130 Å². The van der Waals surface area contributed by atoms with Gasteiger partial charge in [-0.15, -0.1) is 23.1 Å². The molecule has 2 aromatic heterocycles. The number of amides is 1. The number of nitrogens with zero attached hydrogens (tertiary/aromatic N) is 1. The van der Waals surface area contributed by atoms with E-state index in [1.165, 1.54) is 5.56 Å². The van der Waals surface area contributed by atoms with E-state index in [2.05, 4.69) is 32.5 Å². The Kier molecular flexibility index (Phi) is 4.43. The van der Waals surface area contributed by atoms with Gasteiger partial charge in [-0.1, -0.05) is 0 Å². The quantitative estimate of drug-likeness (QED) is 0.879. The minimum absolute atomic E-state index is 0.0121. The fraction of sp³-hybridized carbons (Fsp3) is 0.429. The first-order valence-corrected chi connectivity index (χ1v) is 9.48. The van der Waals surface area contributed by atoms with Crippen LogP contribution in [0.15, 0.2) is 22.2 Å². The third kappa shape index (κ3) is 3.62. The Balaban J connectivity index is 1.51. The smallest absolute Gasteiger partial charge is 0.233 e. The monoisotopic (exact) mass is 324 g/mol. The lowest BCUT2D eigenvalue weighted by Crippen LogP contribution is -2.32. The summed E-state index contributed by atoms with van der Waals surface area (Å²) in [6, 6.07) is 2.53. The first kappa shape index (κ1) is 14.1. The third-order valence-corrected chi connectivity index (χ3v) is 5.89. The van der Waals surface area contributed by atoms with Crippen molar-refractivity contribution in [3.05, 3.63) is 27.9 Å². The van der Waals surface area contributed by atoms with Crippen LogP contribution in [0, 0.1) is 0 Å². The molecular weight excluding hydrogens is 308 g/mol.